The van der Waals surface area contributed by atoms with Crippen molar-refractivity contribution in [2.24, 2.45) is 17.8 Å². The molecule has 108 valence electrons. The van der Waals surface area contributed by atoms with Crippen LogP contribution in [0.5, 0.6) is 0 Å². The van der Waals surface area contributed by atoms with Crippen molar-refractivity contribution in [1.29, 1.82) is 5.26 Å². The summed E-state index contributed by atoms with van der Waals surface area (Å²) in [7, 11) is 0. The van der Waals surface area contributed by atoms with Gasteiger partial charge in [-0.15, -0.1) is 0 Å². The number of nitriles is 1. The number of nitrogens with zero attached hydrogens (tertiary/aromatic N) is 1. The molecule has 2 nitrogen and oxygen atoms in total. The lowest BCUT2D eigenvalue weighted by atomic mass is 9.82. The standard InChI is InChI=1S/C15H23F2NO/c1-11-2-6-13(7-3-11)15(16,17)19-14-8-4-12(10-18)5-9-14/h11-14H,2-9H2,1H3. The monoisotopic (exact) mass is 271 g/mol. The van der Waals surface area contributed by atoms with Crippen molar-refractivity contribution in [2.75, 3.05) is 0 Å². The molecule has 0 atom stereocenters. The fourth-order valence-electron chi connectivity index (χ4n) is 3.22. The van der Waals surface area contributed by atoms with E-state index in [1.807, 2.05) is 0 Å². The lowest BCUT2D eigenvalue weighted by Crippen LogP contribution is -2.38. The van der Waals surface area contributed by atoms with Crippen LogP contribution < -0.4 is 0 Å². The van der Waals surface area contributed by atoms with E-state index in [-0.39, 0.29) is 12.0 Å². The molecule has 0 spiro atoms. The Hall–Kier alpha value is -0.690. The van der Waals surface area contributed by atoms with Gasteiger partial charge in [0.05, 0.1) is 18.1 Å². The van der Waals surface area contributed by atoms with Crippen molar-refractivity contribution in [3.63, 3.8) is 0 Å². The summed E-state index contributed by atoms with van der Waals surface area (Å²) < 4.78 is 33.3. The Morgan fingerprint density at radius 1 is 1.00 bits per heavy atom. The summed E-state index contributed by atoms with van der Waals surface area (Å²) in [6.07, 6.45) is 2.13. The third-order valence-electron chi connectivity index (χ3n) is 4.67. The first-order chi connectivity index (χ1) is 9.01. The second-order valence-electron chi connectivity index (χ2n) is 6.24. The van der Waals surface area contributed by atoms with Crippen molar-refractivity contribution >= 4 is 0 Å². The Kier molecular flexibility index (Phi) is 4.78. The largest absolute Gasteiger partial charge is 0.358 e. The molecule has 0 aliphatic heterocycles. The van der Waals surface area contributed by atoms with Crippen molar-refractivity contribution in [3.8, 4) is 6.07 Å². The Morgan fingerprint density at radius 2 is 1.58 bits per heavy atom. The van der Waals surface area contributed by atoms with Gasteiger partial charge in [0, 0.05) is 5.92 Å². The predicted molar refractivity (Wildman–Crippen MR) is 68.5 cm³/mol. The maximum absolute atomic E-state index is 14.1. The molecule has 2 aliphatic rings. The maximum Gasteiger partial charge on any atom is 0.358 e. The van der Waals surface area contributed by atoms with E-state index in [4.69, 9.17) is 10.00 Å². The molecule has 0 bridgehead atoms. The minimum atomic E-state index is -2.98. The molecule has 0 unspecified atom stereocenters. The molecule has 2 saturated carbocycles. The highest BCUT2D eigenvalue weighted by atomic mass is 19.3. The molecule has 0 aromatic rings. The minimum Gasteiger partial charge on any atom is -0.317 e. The summed E-state index contributed by atoms with van der Waals surface area (Å²) >= 11 is 0. The van der Waals surface area contributed by atoms with Crippen molar-refractivity contribution in [1.82, 2.24) is 0 Å². The lowest BCUT2D eigenvalue weighted by Gasteiger charge is -2.35. The van der Waals surface area contributed by atoms with Crippen molar-refractivity contribution < 1.29 is 13.5 Å². The summed E-state index contributed by atoms with van der Waals surface area (Å²) in [5.41, 5.74) is 0. The van der Waals surface area contributed by atoms with Gasteiger partial charge in [0.25, 0.3) is 0 Å². The third-order valence-corrected chi connectivity index (χ3v) is 4.67. The van der Waals surface area contributed by atoms with E-state index < -0.39 is 12.0 Å². The molecular formula is C15H23F2NO. The zero-order valence-electron chi connectivity index (χ0n) is 11.6. The van der Waals surface area contributed by atoms with Gasteiger partial charge in [0.2, 0.25) is 0 Å². The number of hydrogen-bond donors (Lipinski definition) is 0. The summed E-state index contributed by atoms with van der Waals surface area (Å²) in [6.45, 7) is 2.12. The highest BCUT2D eigenvalue weighted by Crippen LogP contribution is 2.41. The Balaban J connectivity index is 1.82. The van der Waals surface area contributed by atoms with Gasteiger partial charge in [-0.25, -0.2) is 0 Å². The summed E-state index contributed by atoms with van der Waals surface area (Å²) in [5.74, 6) is -0.0143. The van der Waals surface area contributed by atoms with Crippen LogP contribution in [0, 0.1) is 29.1 Å². The van der Waals surface area contributed by atoms with Gasteiger partial charge in [-0.2, -0.15) is 14.0 Å². The number of halogens is 2. The average Bonchev–Trinajstić information content (AvgIpc) is 2.40. The van der Waals surface area contributed by atoms with Crippen LogP contribution in [0.25, 0.3) is 0 Å². The van der Waals surface area contributed by atoms with Crippen molar-refractivity contribution in [2.45, 2.75) is 70.5 Å². The molecule has 4 heteroatoms. The molecular weight excluding hydrogens is 248 g/mol. The molecule has 2 rings (SSSR count). The SMILES string of the molecule is CC1CCC(C(F)(F)OC2CCC(C#N)CC2)CC1. The van der Waals surface area contributed by atoms with Crippen molar-refractivity contribution in [3.05, 3.63) is 0 Å². The zero-order chi connectivity index (χ0) is 13.9. The number of rotatable bonds is 3. The summed E-state index contributed by atoms with van der Waals surface area (Å²) in [6, 6.07) is 2.21. The molecule has 0 aromatic carbocycles. The fraction of sp³-hybridized carbons (Fsp3) is 0.933. The fourth-order valence-corrected chi connectivity index (χ4v) is 3.22. The lowest BCUT2D eigenvalue weighted by molar-refractivity contribution is -0.301. The van der Waals surface area contributed by atoms with Crippen LogP contribution in [0.15, 0.2) is 0 Å². The van der Waals surface area contributed by atoms with Crippen LogP contribution in [-0.4, -0.2) is 12.2 Å². The van der Waals surface area contributed by atoms with Gasteiger partial charge in [0.15, 0.2) is 0 Å². The second kappa shape index (κ2) is 6.17. The van der Waals surface area contributed by atoms with Gasteiger partial charge in [-0.05, 0) is 44.4 Å². The van der Waals surface area contributed by atoms with Gasteiger partial charge < -0.3 is 4.74 Å². The first-order valence-corrected chi connectivity index (χ1v) is 7.46. The van der Waals surface area contributed by atoms with E-state index in [2.05, 4.69) is 13.0 Å². The van der Waals surface area contributed by atoms with Gasteiger partial charge >= 0.3 is 6.11 Å². The van der Waals surface area contributed by atoms with Crippen LogP contribution in [0.3, 0.4) is 0 Å². The Labute approximate surface area is 114 Å². The van der Waals surface area contributed by atoms with Crippen LogP contribution in [-0.2, 0) is 4.74 Å². The number of ether oxygens (including phenoxy) is 1. The van der Waals surface area contributed by atoms with Crippen LogP contribution in [0.2, 0.25) is 0 Å². The van der Waals surface area contributed by atoms with E-state index in [0.29, 0.717) is 44.4 Å². The van der Waals surface area contributed by atoms with Gasteiger partial charge in [0.1, 0.15) is 0 Å². The molecule has 0 radical (unpaired) electrons. The maximum atomic E-state index is 14.1. The topological polar surface area (TPSA) is 33.0 Å². The van der Waals surface area contributed by atoms with E-state index in [1.54, 1.807) is 0 Å². The van der Waals surface area contributed by atoms with E-state index in [1.165, 1.54) is 0 Å². The van der Waals surface area contributed by atoms with E-state index >= 15 is 0 Å². The zero-order valence-corrected chi connectivity index (χ0v) is 11.6. The van der Waals surface area contributed by atoms with Crippen LogP contribution in [0.4, 0.5) is 8.78 Å². The van der Waals surface area contributed by atoms with Crippen LogP contribution in [0.1, 0.15) is 58.3 Å². The predicted octanol–water partition coefficient (Wildman–Crippen LogP) is 4.50. The Bertz CT molecular complexity index is 324. The highest BCUT2D eigenvalue weighted by molar-refractivity contribution is 4.88. The van der Waals surface area contributed by atoms with Gasteiger partial charge in [-0.1, -0.05) is 19.8 Å². The molecule has 2 fully saturated rings. The minimum absolute atomic E-state index is 0.0315. The summed E-state index contributed by atoms with van der Waals surface area (Å²) in [4.78, 5) is 0. The molecule has 19 heavy (non-hydrogen) atoms. The summed E-state index contributed by atoms with van der Waals surface area (Å²) in [5, 5.41) is 8.80. The second-order valence-corrected chi connectivity index (χ2v) is 6.24. The molecule has 0 amide bonds. The molecule has 0 heterocycles. The number of hydrogen-bond acceptors (Lipinski definition) is 2. The third kappa shape index (κ3) is 3.89. The highest BCUT2D eigenvalue weighted by Gasteiger charge is 2.44. The first kappa shape index (κ1) is 14.7. The normalized spacial score (nSPS) is 36.7. The average molecular weight is 271 g/mol. The first-order valence-electron chi connectivity index (χ1n) is 7.46. The molecule has 0 saturated heterocycles. The smallest absolute Gasteiger partial charge is 0.317 e. The molecule has 2 aliphatic carbocycles. The number of alkyl halides is 2. The Morgan fingerprint density at radius 3 is 2.11 bits per heavy atom. The molecule has 0 aromatic heterocycles. The quantitative estimate of drug-likeness (QED) is 0.757. The van der Waals surface area contributed by atoms with Crippen LogP contribution >= 0.6 is 0 Å². The van der Waals surface area contributed by atoms with E-state index in [9.17, 15) is 8.78 Å². The van der Waals surface area contributed by atoms with E-state index in [0.717, 1.165) is 12.8 Å². The molecule has 0 N–H and O–H groups in total. The van der Waals surface area contributed by atoms with Gasteiger partial charge in [-0.3, -0.25) is 0 Å².